The molecular weight excluding hydrogens is 224 g/mol. The number of carbonyl (C=O) groups excluding carboxylic acids is 1. The Labute approximate surface area is 109 Å². The van der Waals surface area contributed by atoms with Gasteiger partial charge in [-0.3, -0.25) is 4.79 Å². The van der Waals surface area contributed by atoms with Gasteiger partial charge in [0, 0.05) is 18.2 Å². The lowest BCUT2D eigenvalue weighted by Crippen LogP contribution is -2.34. The monoisotopic (exact) mass is 246 g/mol. The van der Waals surface area contributed by atoms with Crippen LogP contribution >= 0.6 is 0 Å². The predicted molar refractivity (Wildman–Crippen MR) is 74.5 cm³/mol. The largest absolute Gasteiger partial charge is 0.330 e. The van der Waals surface area contributed by atoms with Crippen molar-refractivity contribution in [2.24, 2.45) is 17.6 Å². The summed E-state index contributed by atoms with van der Waals surface area (Å²) in [6.07, 6.45) is 1.88. The van der Waals surface area contributed by atoms with Crippen LogP contribution < -0.4 is 10.6 Å². The number of nitrogens with zero attached hydrogens (tertiary/aromatic N) is 1. The fraction of sp³-hybridized carbons (Fsp3) is 0.533. The zero-order chi connectivity index (χ0) is 13.1. The number of hydrogen-bond acceptors (Lipinski definition) is 2. The van der Waals surface area contributed by atoms with Gasteiger partial charge in [0.25, 0.3) is 0 Å². The lowest BCUT2D eigenvalue weighted by molar-refractivity contribution is -0.120. The van der Waals surface area contributed by atoms with Gasteiger partial charge in [0.2, 0.25) is 5.91 Å². The minimum Gasteiger partial charge on any atom is -0.330 e. The quantitative estimate of drug-likeness (QED) is 0.866. The topological polar surface area (TPSA) is 46.3 Å². The van der Waals surface area contributed by atoms with Crippen molar-refractivity contribution in [1.29, 1.82) is 0 Å². The van der Waals surface area contributed by atoms with E-state index in [1.807, 2.05) is 29.2 Å². The van der Waals surface area contributed by atoms with Crippen molar-refractivity contribution in [3.63, 3.8) is 0 Å². The Morgan fingerprint density at radius 3 is 2.50 bits per heavy atom. The Bertz CT molecular complexity index is 413. The smallest absolute Gasteiger partial charge is 0.230 e. The molecule has 3 heteroatoms. The number of carbonyl (C=O) groups is 1. The van der Waals surface area contributed by atoms with Crippen LogP contribution in [0.5, 0.6) is 0 Å². The van der Waals surface area contributed by atoms with E-state index in [4.69, 9.17) is 5.73 Å². The molecule has 2 rings (SSSR count). The van der Waals surface area contributed by atoms with Crippen molar-refractivity contribution in [2.75, 3.05) is 18.0 Å². The Hall–Kier alpha value is -1.35. The molecule has 2 unspecified atom stereocenters. The Kier molecular flexibility index (Phi) is 4.02. The highest BCUT2D eigenvalue weighted by Crippen LogP contribution is 2.40. The molecule has 0 radical (unpaired) electrons. The molecule has 1 amide bonds. The van der Waals surface area contributed by atoms with E-state index in [2.05, 4.69) is 13.8 Å². The average Bonchev–Trinajstić information content (AvgIpc) is 3.09. The van der Waals surface area contributed by atoms with Crippen molar-refractivity contribution in [2.45, 2.75) is 26.7 Å². The van der Waals surface area contributed by atoms with Crippen LogP contribution in [0.3, 0.4) is 0 Å². The van der Waals surface area contributed by atoms with Gasteiger partial charge in [-0.25, -0.2) is 0 Å². The first-order valence-corrected chi connectivity index (χ1v) is 6.71. The molecule has 1 aliphatic rings. The van der Waals surface area contributed by atoms with Crippen molar-refractivity contribution >= 4 is 11.6 Å². The summed E-state index contributed by atoms with van der Waals surface area (Å²) < 4.78 is 0. The highest BCUT2D eigenvalue weighted by atomic mass is 16.2. The Balaban J connectivity index is 2.13. The van der Waals surface area contributed by atoms with Gasteiger partial charge in [-0.2, -0.15) is 0 Å². The Morgan fingerprint density at radius 1 is 1.39 bits per heavy atom. The molecule has 1 fully saturated rings. The maximum Gasteiger partial charge on any atom is 0.230 e. The van der Waals surface area contributed by atoms with Crippen LogP contribution in [-0.2, 0) is 4.79 Å². The summed E-state index contributed by atoms with van der Waals surface area (Å²) in [5.74, 6) is 1.03. The second-order valence-corrected chi connectivity index (χ2v) is 5.29. The van der Waals surface area contributed by atoms with Crippen LogP contribution in [0.4, 0.5) is 5.69 Å². The van der Waals surface area contributed by atoms with E-state index in [-0.39, 0.29) is 11.8 Å². The molecule has 1 aromatic rings. The molecule has 0 aromatic heterocycles. The zero-order valence-corrected chi connectivity index (χ0v) is 11.2. The summed E-state index contributed by atoms with van der Waals surface area (Å²) in [5, 5.41) is 0. The second kappa shape index (κ2) is 5.53. The summed E-state index contributed by atoms with van der Waals surface area (Å²) in [7, 11) is 0. The number of anilines is 1. The van der Waals surface area contributed by atoms with E-state index in [9.17, 15) is 4.79 Å². The van der Waals surface area contributed by atoms with Crippen molar-refractivity contribution in [3.8, 4) is 0 Å². The summed E-state index contributed by atoms with van der Waals surface area (Å²) in [4.78, 5) is 14.3. The van der Waals surface area contributed by atoms with Crippen LogP contribution in [0.25, 0.3) is 0 Å². The molecule has 1 aliphatic carbocycles. The van der Waals surface area contributed by atoms with Gasteiger partial charge in [-0.1, -0.05) is 24.6 Å². The normalized spacial score (nSPS) is 21.7. The molecule has 0 saturated heterocycles. The summed E-state index contributed by atoms with van der Waals surface area (Å²) in [5.41, 5.74) is 7.77. The summed E-state index contributed by atoms with van der Waals surface area (Å²) >= 11 is 0. The van der Waals surface area contributed by atoms with E-state index in [0.29, 0.717) is 12.5 Å². The number of nitrogens with two attached hydrogens (primary N) is 1. The molecule has 2 N–H and O–H groups in total. The van der Waals surface area contributed by atoms with Gasteiger partial charge in [0.15, 0.2) is 0 Å². The predicted octanol–water partition coefficient (Wildman–Crippen LogP) is 2.33. The SMILES string of the molecule is Cc1ccc(N(CCCN)C(=O)C2CC2C)cc1. The van der Waals surface area contributed by atoms with Crippen LogP contribution in [0.15, 0.2) is 24.3 Å². The highest BCUT2D eigenvalue weighted by molar-refractivity contribution is 5.96. The number of aryl methyl sites for hydroxylation is 1. The third-order valence-electron chi connectivity index (χ3n) is 3.62. The lowest BCUT2D eigenvalue weighted by atomic mass is 10.2. The maximum absolute atomic E-state index is 12.4. The summed E-state index contributed by atoms with van der Waals surface area (Å²) in [6, 6.07) is 8.15. The zero-order valence-electron chi connectivity index (χ0n) is 11.2. The first kappa shape index (κ1) is 13.1. The number of benzene rings is 1. The van der Waals surface area contributed by atoms with Crippen LogP contribution in [-0.4, -0.2) is 19.0 Å². The standard InChI is InChI=1S/C15H22N2O/c1-11-4-6-13(7-5-11)17(9-3-8-16)15(18)14-10-12(14)2/h4-7,12,14H,3,8-10,16H2,1-2H3. The Morgan fingerprint density at radius 2 is 2.00 bits per heavy atom. The molecule has 1 saturated carbocycles. The van der Waals surface area contributed by atoms with Crippen LogP contribution in [0.2, 0.25) is 0 Å². The first-order chi connectivity index (χ1) is 8.63. The molecule has 2 atom stereocenters. The van der Waals surface area contributed by atoms with E-state index >= 15 is 0 Å². The molecule has 0 heterocycles. The maximum atomic E-state index is 12.4. The fourth-order valence-corrected chi connectivity index (χ4v) is 2.21. The van der Waals surface area contributed by atoms with Gasteiger partial charge in [0.1, 0.15) is 0 Å². The molecular formula is C15H22N2O. The minimum absolute atomic E-state index is 0.226. The van der Waals surface area contributed by atoms with Gasteiger partial charge in [-0.15, -0.1) is 0 Å². The van der Waals surface area contributed by atoms with Crippen molar-refractivity contribution in [1.82, 2.24) is 0 Å². The van der Waals surface area contributed by atoms with E-state index in [1.165, 1.54) is 5.56 Å². The minimum atomic E-state index is 0.226. The van der Waals surface area contributed by atoms with Gasteiger partial charge < -0.3 is 10.6 Å². The van der Waals surface area contributed by atoms with Gasteiger partial charge in [-0.05, 0) is 44.4 Å². The number of hydrogen-bond donors (Lipinski definition) is 1. The van der Waals surface area contributed by atoms with E-state index in [0.717, 1.165) is 25.1 Å². The molecule has 3 nitrogen and oxygen atoms in total. The van der Waals surface area contributed by atoms with Crippen molar-refractivity contribution in [3.05, 3.63) is 29.8 Å². The number of rotatable bonds is 5. The van der Waals surface area contributed by atoms with Crippen molar-refractivity contribution < 1.29 is 4.79 Å². The summed E-state index contributed by atoms with van der Waals surface area (Å²) in [6.45, 7) is 5.54. The number of amides is 1. The molecule has 0 spiro atoms. The molecule has 0 bridgehead atoms. The molecule has 1 aromatic carbocycles. The highest BCUT2D eigenvalue weighted by Gasteiger charge is 2.41. The van der Waals surface area contributed by atoms with E-state index < -0.39 is 0 Å². The third-order valence-corrected chi connectivity index (χ3v) is 3.62. The van der Waals surface area contributed by atoms with Crippen LogP contribution in [0.1, 0.15) is 25.3 Å². The lowest BCUT2D eigenvalue weighted by Gasteiger charge is -2.23. The van der Waals surface area contributed by atoms with Crippen LogP contribution in [0, 0.1) is 18.8 Å². The van der Waals surface area contributed by atoms with E-state index in [1.54, 1.807) is 0 Å². The first-order valence-electron chi connectivity index (χ1n) is 6.71. The third kappa shape index (κ3) is 2.91. The molecule has 98 valence electrons. The molecule has 0 aliphatic heterocycles. The fourth-order valence-electron chi connectivity index (χ4n) is 2.21. The average molecular weight is 246 g/mol. The van der Waals surface area contributed by atoms with Gasteiger partial charge in [0.05, 0.1) is 0 Å². The van der Waals surface area contributed by atoms with Gasteiger partial charge >= 0.3 is 0 Å². The molecule has 18 heavy (non-hydrogen) atoms. The second-order valence-electron chi connectivity index (χ2n) is 5.29.